The number of carboxylic acids is 1. The van der Waals surface area contributed by atoms with Gasteiger partial charge in [-0.25, -0.2) is 0 Å². The SMILES string of the molecule is O=C(O)C1CC12CCN(C(=O)c1cc(-c3ccccc3)ccc1Cl)CC2. The maximum absolute atomic E-state index is 13.0. The molecule has 0 aromatic heterocycles. The molecule has 1 saturated carbocycles. The molecule has 1 atom stereocenters. The summed E-state index contributed by atoms with van der Waals surface area (Å²) in [4.78, 5) is 26.0. The summed E-state index contributed by atoms with van der Waals surface area (Å²) in [6.45, 7) is 1.18. The molecule has 1 amide bonds. The maximum Gasteiger partial charge on any atom is 0.307 e. The summed E-state index contributed by atoms with van der Waals surface area (Å²) in [5.74, 6) is -1.01. The van der Waals surface area contributed by atoms with E-state index in [1.54, 1.807) is 11.0 Å². The molecule has 5 heteroatoms. The Hall–Kier alpha value is -2.33. The van der Waals surface area contributed by atoms with Crippen molar-refractivity contribution in [3.8, 4) is 11.1 Å². The normalized spacial score (nSPS) is 20.8. The van der Waals surface area contributed by atoms with E-state index in [0.29, 0.717) is 23.7 Å². The van der Waals surface area contributed by atoms with Crippen molar-refractivity contribution in [2.75, 3.05) is 13.1 Å². The van der Waals surface area contributed by atoms with E-state index in [2.05, 4.69) is 0 Å². The van der Waals surface area contributed by atoms with E-state index >= 15 is 0 Å². The molecule has 2 aliphatic rings. The average molecular weight is 370 g/mol. The highest BCUT2D eigenvalue weighted by Crippen LogP contribution is 2.59. The van der Waals surface area contributed by atoms with Crippen molar-refractivity contribution in [1.29, 1.82) is 0 Å². The lowest BCUT2D eigenvalue weighted by molar-refractivity contribution is -0.139. The molecule has 1 unspecified atom stereocenters. The summed E-state index contributed by atoms with van der Waals surface area (Å²) in [7, 11) is 0. The number of amides is 1. The number of rotatable bonds is 3. The summed E-state index contributed by atoms with van der Waals surface area (Å²) < 4.78 is 0. The number of likely N-dealkylation sites (tertiary alicyclic amines) is 1. The quantitative estimate of drug-likeness (QED) is 0.875. The highest BCUT2D eigenvalue weighted by Gasteiger charge is 2.59. The standard InChI is InChI=1S/C21H20ClNO3/c22-18-7-6-15(14-4-2-1-3-5-14)12-16(18)19(24)23-10-8-21(9-11-23)13-17(21)20(25)26/h1-7,12,17H,8-11,13H2,(H,25,26). The van der Waals surface area contributed by atoms with Crippen LogP contribution in [-0.2, 0) is 4.79 Å². The first kappa shape index (κ1) is 17.1. The minimum atomic E-state index is -0.705. The van der Waals surface area contributed by atoms with E-state index in [1.807, 2.05) is 42.5 Å². The summed E-state index contributed by atoms with van der Waals surface area (Å²) in [6.07, 6.45) is 2.26. The fourth-order valence-electron chi connectivity index (χ4n) is 4.07. The first-order valence-electron chi connectivity index (χ1n) is 8.87. The van der Waals surface area contributed by atoms with Gasteiger partial charge in [-0.05, 0) is 47.9 Å². The van der Waals surface area contributed by atoms with Gasteiger partial charge in [0.25, 0.3) is 5.91 Å². The first-order chi connectivity index (χ1) is 12.5. The van der Waals surface area contributed by atoms with Crippen LogP contribution in [0.3, 0.4) is 0 Å². The molecule has 0 bridgehead atoms. The molecular formula is C21H20ClNO3. The Balaban J connectivity index is 1.51. The van der Waals surface area contributed by atoms with Gasteiger partial charge in [-0.3, -0.25) is 9.59 Å². The fraction of sp³-hybridized carbons (Fsp3) is 0.333. The summed E-state index contributed by atoms with van der Waals surface area (Å²) in [5.41, 5.74) is 2.42. The zero-order valence-corrected chi connectivity index (χ0v) is 15.1. The van der Waals surface area contributed by atoms with Crippen LogP contribution >= 0.6 is 11.6 Å². The van der Waals surface area contributed by atoms with Crippen LogP contribution in [0.5, 0.6) is 0 Å². The van der Waals surface area contributed by atoms with Crippen LogP contribution < -0.4 is 0 Å². The van der Waals surface area contributed by atoms with Crippen molar-refractivity contribution in [3.63, 3.8) is 0 Å². The highest BCUT2D eigenvalue weighted by molar-refractivity contribution is 6.34. The number of hydrogen-bond donors (Lipinski definition) is 1. The Morgan fingerprint density at radius 3 is 2.35 bits per heavy atom. The molecule has 4 rings (SSSR count). The minimum absolute atomic E-state index is 0.0739. The Kier molecular flexibility index (Phi) is 4.23. The second kappa shape index (κ2) is 6.44. The number of carbonyl (C=O) groups excluding carboxylic acids is 1. The van der Waals surface area contributed by atoms with Crippen LogP contribution in [0.25, 0.3) is 11.1 Å². The van der Waals surface area contributed by atoms with Gasteiger partial charge in [-0.2, -0.15) is 0 Å². The van der Waals surface area contributed by atoms with E-state index in [9.17, 15) is 14.7 Å². The third-order valence-corrected chi connectivity index (χ3v) is 6.17. The monoisotopic (exact) mass is 369 g/mol. The van der Waals surface area contributed by atoms with Crippen molar-refractivity contribution in [2.45, 2.75) is 19.3 Å². The molecule has 26 heavy (non-hydrogen) atoms. The summed E-state index contributed by atoms with van der Waals surface area (Å²) in [6, 6.07) is 15.4. The van der Waals surface area contributed by atoms with Gasteiger partial charge in [0.1, 0.15) is 0 Å². The van der Waals surface area contributed by atoms with Crippen LogP contribution in [0.2, 0.25) is 5.02 Å². The molecule has 1 spiro atoms. The topological polar surface area (TPSA) is 57.6 Å². The number of hydrogen-bond acceptors (Lipinski definition) is 2. The van der Waals surface area contributed by atoms with Gasteiger partial charge in [-0.15, -0.1) is 0 Å². The Bertz CT molecular complexity index is 857. The lowest BCUT2D eigenvalue weighted by Gasteiger charge is -2.33. The molecular weight excluding hydrogens is 350 g/mol. The van der Waals surface area contributed by atoms with Crippen molar-refractivity contribution >= 4 is 23.5 Å². The van der Waals surface area contributed by atoms with Crippen LogP contribution in [0, 0.1) is 11.3 Å². The van der Waals surface area contributed by atoms with Gasteiger partial charge in [0, 0.05) is 13.1 Å². The van der Waals surface area contributed by atoms with Crippen molar-refractivity contribution in [3.05, 3.63) is 59.1 Å². The van der Waals surface area contributed by atoms with Crippen LogP contribution in [0.4, 0.5) is 0 Å². The molecule has 1 saturated heterocycles. The molecule has 1 heterocycles. The predicted molar refractivity (Wildman–Crippen MR) is 100 cm³/mol. The molecule has 2 aromatic rings. The molecule has 1 aliphatic carbocycles. The fourth-order valence-corrected chi connectivity index (χ4v) is 4.27. The lowest BCUT2D eigenvalue weighted by Crippen LogP contribution is -2.40. The largest absolute Gasteiger partial charge is 0.481 e. The van der Waals surface area contributed by atoms with E-state index in [4.69, 9.17) is 11.6 Å². The van der Waals surface area contributed by atoms with Gasteiger partial charge < -0.3 is 10.0 Å². The smallest absolute Gasteiger partial charge is 0.307 e. The van der Waals surface area contributed by atoms with Gasteiger partial charge in [0.15, 0.2) is 0 Å². The van der Waals surface area contributed by atoms with Gasteiger partial charge in [-0.1, -0.05) is 48.0 Å². The van der Waals surface area contributed by atoms with E-state index in [0.717, 1.165) is 30.4 Å². The molecule has 1 aliphatic heterocycles. The van der Waals surface area contributed by atoms with E-state index in [1.165, 1.54) is 0 Å². The van der Waals surface area contributed by atoms with Crippen LogP contribution in [0.1, 0.15) is 29.6 Å². The molecule has 0 radical (unpaired) electrons. The number of aliphatic carboxylic acids is 1. The van der Waals surface area contributed by atoms with Crippen LogP contribution in [-0.4, -0.2) is 35.0 Å². The Labute approximate surface area is 157 Å². The second-order valence-corrected chi connectivity index (χ2v) is 7.72. The van der Waals surface area contributed by atoms with Gasteiger partial charge in [0.2, 0.25) is 0 Å². The molecule has 4 nitrogen and oxygen atoms in total. The predicted octanol–water partition coefficient (Wildman–Crippen LogP) is 4.33. The second-order valence-electron chi connectivity index (χ2n) is 7.31. The number of benzene rings is 2. The van der Waals surface area contributed by atoms with E-state index in [-0.39, 0.29) is 17.2 Å². The Morgan fingerprint density at radius 1 is 1.04 bits per heavy atom. The minimum Gasteiger partial charge on any atom is -0.481 e. The zero-order chi connectivity index (χ0) is 18.3. The Morgan fingerprint density at radius 2 is 1.73 bits per heavy atom. The molecule has 2 aromatic carbocycles. The van der Waals surface area contributed by atoms with E-state index < -0.39 is 5.97 Å². The lowest BCUT2D eigenvalue weighted by atomic mass is 9.90. The van der Waals surface area contributed by atoms with Crippen molar-refractivity contribution in [1.82, 2.24) is 4.90 Å². The number of halogens is 1. The number of piperidine rings is 1. The number of carbonyl (C=O) groups is 2. The van der Waals surface area contributed by atoms with Gasteiger partial charge >= 0.3 is 5.97 Å². The summed E-state index contributed by atoms with van der Waals surface area (Å²) >= 11 is 6.31. The van der Waals surface area contributed by atoms with Crippen LogP contribution in [0.15, 0.2) is 48.5 Å². The zero-order valence-electron chi connectivity index (χ0n) is 14.3. The third-order valence-electron chi connectivity index (χ3n) is 5.84. The first-order valence-corrected chi connectivity index (χ1v) is 9.25. The molecule has 2 fully saturated rings. The van der Waals surface area contributed by atoms with Crippen molar-refractivity contribution < 1.29 is 14.7 Å². The van der Waals surface area contributed by atoms with Crippen molar-refractivity contribution in [2.24, 2.45) is 11.3 Å². The third kappa shape index (κ3) is 2.99. The summed E-state index contributed by atoms with van der Waals surface area (Å²) in [5, 5.41) is 9.65. The average Bonchev–Trinajstić information content (AvgIpc) is 3.37. The number of carboxylic acid groups (broad SMARTS) is 1. The maximum atomic E-state index is 13.0. The highest BCUT2D eigenvalue weighted by atomic mass is 35.5. The molecule has 1 N–H and O–H groups in total. The molecule has 134 valence electrons. The number of nitrogens with zero attached hydrogens (tertiary/aromatic N) is 1. The van der Waals surface area contributed by atoms with Gasteiger partial charge in [0.05, 0.1) is 16.5 Å².